The van der Waals surface area contributed by atoms with Crippen LogP contribution in [-0.4, -0.2) is 12.3 Å². The molecule has 0 aliphatic carbocycles. The van der Waals surface area contributed by atoms with Crippen molar-refractivity contribution in [3.63, 3.8) is 0 Å². The molecule has 0 atom stereocenters. The quantitative estimate of drug-likeness (QED) is 0.414. The molecule has 0 spiro atoms. The largest absolute Gasteiger partial charge is 0.0654 e. The van der Waals surface area contributed by atoms with E-state index in [1.54, 1.807) is 0 Å². The number of hydrogen-bond acceptors (Lipinski definition) is 0. The average molecular weight is 253 g/mol. The van der Waals surface area contributed by atoms with Crippen LogP contribution in [-0.2, 0) is 0 Å². The Bertz CT molecular complexity index is 75.9. The van der Waals surface area contributed by atoms with Gasteiger partial charge < -0.3 is 0 Å². The molecular formula is C10H22BrP. The van der Waals surface area contributed by atoms with Gasteiger partial charge in [0.15, 0.2) is 0 Å². The first-order valence-corrected chi connectivity index (χ1v) is 8.95. The maximum absolute atomic E-state index is 3.80. The van der Waals surface area contributed by atoms with Crippen LogP contribution in [0.4, 0.5) is 0 Å². The van der Waals surface area contributed by atoms with Gasteiger partial charge in [-0.1, -0.05) is 55.0 Å². The van der Waals surface area contributed by atoms with Gasteiger partial charge in [0.2, 0.25) is 0 Å². The first-order valence-electron chi connectivity index (χ1n) is 5.22. The second-order valence-electron chi connectivity index (χ2n) is 3.32. The Hall–Kier alpha value is 0.910. The van der Waals surface area contributed by atoms with Crippen LogP contribution >= 0.6 is 22.1 Å². The van der Waals surface area contributed by atoms with Gasteiger partial charge in [0, 0.05) is 0 Å². The lowest BCUT2D eigenvalue weighted by Gasteiger charge is -2.08. The summed E-state index contributed by atoms with van der Waals surface area (Å²) in [6, 6.07) is 0. The SMILES string of the molecule is CCCCCP(Br)CCCCC. The maximum atomic E-state index is 3.80. The molecular weight excluding hydrogens is 231 g/mol. The summed E-state index contributed by atoms with van der Waals surface area (Å²) >= 11 is 3.80. The molecule has 0 aromatic carbocycles. The molecule has 0 aliphatic heterocycles. The third-order valence-corrected chi connectivity index (χ3v) is 5.74. The van der Waals surface area contributed by atoms with Gasteiger partial charge in [0.05, 0.1) is 0 Å². The number of unbranched alkanes of at least 4 members (excludes halogenated alkanes) is 4. The van der Waals surface area contributed by atoms with Gasteiger partial charge in [-0.3, -0.25) is 0 Å². The van der Waals surface area contributed by atoms with Gasteiger partial charge in [0.25, 0.3) is 0 Å². The smallest absolute Gasteiger partial charge is 0.0227 e. The van der Waals surface area contributed by atoms with E-state index in [4.69, 9.17) is 0 Å². The van der Waals surface area contributed by atoms with E-state index >= 15 is 0 Å². The van der Waals surface area contributed by atoms with Crippen molar-refractivity contribution in [1.29, 1.82) is 0 Å². The highest BCUT2D eigenvalue weighted by molar-refractivity contribution is 9.39. The van der Waals surface area contributed by atoms with Crippen molar-refractivity contribution < 1.29 is 0 Å². The lowest BCUT2D eigenvalue weighted by molar-refractivity contribution is 0.765. The Morgan fingerprint density at radius 1 is 0.833 bits per heavy atom. The lowest BCUT2D eigenvalue weighted by atomic mass is 10.3. The van der Waals surface area contributed by atoms with E-state index in [0.29, 0.717) is 0 Å². The van der Waals surface area contributed by atoms with Crippen molar-refractivity contribution >= 4 is 22.1 Å². The fourth-order valence-corrected chi connectivity index (χ4v) is 4.04. The van der Waals surface area contributed by atoms with Crippen LogP contribution < -0.4 is 0 Å². The Morgan fingerprint density at radius 2 is 1.25 bits per heavy atom. The topological polar surface area (TPSA) is 0 Å². The third kappa shape index (κ3) is 9.00. The molecule has 0 aromatic heterocycles. The summed E-state index contributed by atoms with van der Waals surface area (Å²) < 4.78 is 0. The summed E-state index contributed by atoms with van der Waals surface area (Å²) in [6.07, 6.45) is 11.3. The van der Waals surface area contributed by atoms with Crippen LogP contribution in [0.5, 0.6) is 0 Å². The predicted molar refractivity (Wildman–Crippen MR) is 64.6 cm³/mol. The first kappa shape index (κ1) is 12.9. The summed E-state index contributed by atoms with van der Waals surface area (Å²) in [5.41, 5.74) is 0. The number of halogens is 1. The average Bonchev–Trinajstić information content (AvgIpc) is 2.06. The van der Waals surface area contributed by atoms with Crippen molar-refractivity contribution in [2.75, 3.05) is 12.3 Å². The molecule has 12 heavy (non-hydrogen) atoms. The van der Waals surface area contributed by atoms with Crippen LogP contribution in [0.2, 0.25) is 0 Å². The minimum Gasteiger partial charge on any atom is -0.0654 e. The van der Waals surface area contributed by atoms with Gasteiger partial charge in [-0.2, -0.15) is 0 Å². The van der Waals surface area contributed by atoms with E-state index in [1.165, 1.54) is 50.8 Å². The highest BCUT2D eigenvalue weighted by atomic mass is 79.9. The summed E-state index contributed by atoms with van der Waals surface area (Å²) in [4.78, 5) is 0. The standard InChI is InChI=1S/C10H22BrP/c1-3-5-7-9-12(11)10-8-6-4-2/h3-10H2,1-2H3. The zero-order valence-corrected chi connectivity index (χ0v) is 11.0. The molecule has 0 unspecified atom stereocenters. The summed E-state index contributed by atoms with van der Waals surface area (Å²) in [7, 11) is 0. The Kier molecular flexibility index (Phi) is 10.8. The summed E-state index contributed by atoms with van der Waals surface area (Å²) in [5.74, 6) is 0. The van der Waals surface area contributed by atoms with Crippen molar-refractivity contribution in [2.45, 2.75) is 52.4 Å². The van der Waals surface area contributed by atoms with Crippen molar-refractivity contribution in [3.8, 4) is 0 Å². The van der Waals surface area contributed by atoms with Crippen LogP contribution in [0.3, 0.4) is 0 Å². The van der Waals surface area contributed by atoms with E-state index < -0.39 is 0 Å². The molecule has 0 aromatic rings. The molecule has 74 valence electrons. The molecule has 0 rings (SSSR count). The van der Waals surface area contributed by atoms with E-state index in [2.05, 4.69) is 29.3 Å². The Labute approximate surface area is 87.0 Å². The number of rotatable bonds is 8. The zero-order chi connectivity index (χ0) is 9.23. The molecule has 0 aliphatic rings. The summed E-state index contributed by atoms with van der Waals surface area (Å²) in [6.45, 7) is 4.75. The Balaban J connectivity index is 3.04. The highest BCUT2D eigenvalue weighted by Crippen LogP contribution is 2.45. The molecule has 0 saturated carbocycles. The van der Waals surface area contributed by atoms with Gasteiger partial charge in [0.1, 0.15) is 0 Å². The number of hydrogen-bond donors (Lipinski definition) is 0. The highest BCUT2D eigenvalue weighted by Gasteiger charge is 2.01. The van der Waals surface area contributed by atoms with E-state index in [1.807, 2.05) is 0 Å². The first-order chi connectivity index (χ1) is 5.81. The van der Waals surface area contributed by atoms with E-state index in [-0.39, 0.29) is 6.62 Å². The second kappa shape index (κ2) is 9.99. The normalized spacial score (nSPS) is 11.0. The van der Waals surface area contributed by atoms with Gasteiger partial charge in [-0.25, -0.2) is 0 Å². The molecule has 0 bridgehead atoms. The van der Waals surface area contributed by atoms with Crippen LogP contribution in [0, 0.1) is 0 Å². The maximum Gasteiger partial charge on any atom is -0.0227 e. The van der Waals surface area contributed by atoms with Gasteiger partial charge in [-0.05, 0) is 31.8 Å². The fraction of sp³-hybridized carbons (Fsp3) is 1.00. The molecule has 0 radical (unpaired) electrons. The molecule has 0 amide bonds. The van der Waals surface area contributed by atoms with Gasteiger partial charge in [-0.15, -0.1) is 0 Å². The zero-order valence-electron chi connectivity index (χ0n) is 8.48. The van der Waals surface area contributed by atoms with Crippen molar-refractivity contribution in [1.82, 2.24) is 0 Å². The summed E-state index contributed by atoms with van der Waals surface area (Å²) in [5, 5.41) is 0. The molecule has 0 heterocycles. The second-order valence-corrected chi connectivity index (χ2v) is 8.15. The fourth-order valence-electron chi connectivity index (χ4n) is 1.18. The third-order valence-electron chi connectivity index (χ3n) is 2.01. The molecule has 0 N–H and O–H groups in total. The van der Waals surface area contributed by atoms with Crippen molar-refractivity contribution in [3.05, 3.63) is 0 Å². The lowest BCUT2D eigenvalue weighted by Crippen LogP contribution is -1.85. The van der Waals surface area contributed by atoms with Crippen LogP contribution in [0.15, 0.2) is 0 Å². The van der Waals surface area contributed by atoms with Crippen molar-refractivity contribution in [2.24, 2.45) is 0 Å². The van der Waals surface area contributed by atoms with Gasteiger partial charge >= 0.3 is 0 Å². The van der Waals surface area contributed by atoms with E-state index in [9.17, 15) is 0 Å². The minimum absolute atomic E-state index is 0.209. The van der Waals surface area contributed by atoms with Crippen LogP contribution in [0.25, 0.3) is 0 Å². The Morgan fingerprint density at radius 3 is 1.58 bits per heavy atom. The monoisotopic (exact) mass is 252 g/mol. The molecule has 0 fully saturated rings. The minimum atomic E-state index is 0.209. The van der Waals surface area contributed by atoms with Crippen LogP contribution in [0.1, 0.15) is 52.4 Å². The molecule has 2 heteroatoms. The molecule has 0 saturated heterocycles. The predicted octanol–water partition coefficient (Wildman–Crippen LogP) is 5.16. The van der Waals surface area contributed by atoms with E-state index in [0.717, 1.165) is 0 Å². The molecule has 0 nitrogen and oxygen atoms in total.